The lowest BCUT2D eigenvalue weighted by Crippen LogP contribution is -2.52. The van der Waals surface area contributed by atoms with Crippen molar-refractivity contribution in [2.24, 2.45) is 0 Å². The number of halogens is 1. The molecule has 7 heteroatoms. The van der Waals surface area contributed by atoms with Crippen molar-refractivity contribution in [3.8, 4) is 0 Å². The molecule has 0 heterocycles. The number of carboxylic acids is 1. The van der Waals surface area contributed by atoms with Gasteiger partial charge in [-0.3, -0.25) is 9.59 Å². The third-order valence-electron chi connectivity index (χ3n) is 2.48. The Hall–Kier alpha value is -1.89. The minimum atomic E-state index is -1.38. The largest absolute Gasteiger partial charge is 0.480 e. The number of hydrogen-bond donors (Lipinski definition) is 3. The van der Waals surface area contributed by atoms with Gasteiger partial charge in [-0.25, -0.2) is 4.79 Å². The third kappa shape index (κ3) is 4.65. The highest BCUT2D eigenvalue weighted by Crippen LogP contribution is 2.11. The zero-order valence-corrected chi connectivity index (χ0v) is 12.7. The summed E-state index contributed by atoms with van der Waals surface area (Å²) in [5.74, 6) is -2.13. The molecule has 108 valence electrons. The predicted octanol–water partition coefficient (Wildman–Crippen LogP) is 1.16. The lowest BCUT2D eigenvalue weighted by atomic mass is 10.1. The van der Waals surface area contributed by atoms with Crippen LogP contribution in [0, 0.1) is 0 Å². The summed E-state index contributed by atoms with van der Waals surface area (Å²) in [6.07, 6.45) is 0. The molecular formula is C13H15BrN2O4. The Morgan fingerprint density at radius 2 is 1.95 bits per heavy atom. The van der Waals surface area contributed by atoms with Gasteiger partial charge in [0.05, 0.1) is 6.54 Å². The number of carboxylic acid groups (broad SMARTS) is 1. The van der Waals surface area contributed by atoms with Crippen molar-refractivity contribution in [1.29, 1.82) is 0 Å². The molecule has 0 spiro atoms. The minimum absolute atomic E-state index is 0.290. The van der Waals surface area contributed by atoms with E-state index in [9.17, 15) is 14.4 Å². The Labute approximate surface area is 124 Å². The zero-order chi connectivity index (χ0) is 15.3. The topological polar surface area (TPSA) is 95.5 Å². The van der Waals surface area contributed by atoms with E-state index >= 15 is 0 Å². The molecule has 20 heavy (non-hydrogen) atoms. The standard InChI is InChI=1S/C13H15BrN2O4/c1-13(2,12(19)20)16-10(17)7-15-11(18)8-4-3-5-9(14)6-8/h3-6H,7H2,1-2H3,(H,15,18)(H,16,17)(H,19,20). The molecule has 0 aliphatic heterocycles. The lowest BCUT2D eigenvalue weighted by molar-refractivity contribution is -0.145. The Kier molecular flexibility index (Phi) is 5.26. The summed E-state index contributed by atoms with van der Waals surface area (Å²) in [6.45, 7) is 2.44. The van der Waals surface area contributed by atoms with Crippen molar-refractivity contribution in [2.45, 2.75) is 19.4 Å². The van der Waals surface area contributed by atoms with Crippen molar-refractivity contribution >= 4 is 33.7 Å². The van der Waals surface area contributed by atoms with Crippen molar-refractivity contribution in [3.63, 3.8) is 0 Å². The van der Waals surface area contributed by atoms with Gasteiger partial charge in [0, 0.05) is 10.0 Å². The molecule has 0 fully saturated rings. The monoisotopic (exact) mass is 342 g/mol. The summed E-state index contributed by atoms with van der Waals surface area (Å²) in [4.78, 5) is 34.2. The number of carbonyl (C=O) groups is 3. The number of aliphatic carboxylic acids is 1. The van der Waals surface area contributed by atoms with Crippen LogP contribution in [-0.4, -0.2) is 35.0 Å². The van der Waals surface area contributed by atoms with E-state index < -0.39 is 23.3 Å². The zero-order valence-electron chi connectivity index (χ0n) is 11.1. The van der Waals surface area contributed by atoms with Crippen LogP contribution in [0.15, 0.2) is 28.7 Å². The van der Waals surface area contributed by atoms with E-state index in [2.05, 4.69) is 26.6 Å². The second kappa shape index (κ2) is 6.51. The molecule has 1 rings (SSSR count). The first-order valence-corrected chi connectivity index (χ1v) is 6.60. The van der Waals surface area contributed by atoms with Gasteiger partial charge in [0.2, 0.25) is 5.91 Å². The van der Waals surface area contributed by atoms with E-state index in [0.717, 1.165) is 4.47 Å². The average Bonchev–Trinajstić information content (AvgIpc) is 2.35. The maximum Gasteiger partial charge on any atom is 0.328 e. The summed E-state index contributed by atoms with van der Waals surface area (Å²) >= 11 is 3.24. The van der Waals surface area contributed by atoms with Crippen LogP contribution in [0.25, 0.3) is 0 Å². The van der Waals surface area contributed by atoms with Crippen LogP contribution >= 0.6 is 15.9 Å². The number of hydrogen-bond acceptors (Lipinski definition) is 3. The summed E-state index contributed by atoms with van der Waals surface area (Å²) in [5.41, 5.74) is -0.970. The molecule has 6 nitrogen and oxygen atoms in total. The molecule has 0 aromatic heterocycles. The number of amides is 2. The van der Waals surface area contributed by atoms with Gasteiger partial charge in [0.15, 0.2) is 0 Å². The van der Waals surface area contributed by atoms with Gasteiger partial charge < -0.3 is 15.7 Å². The molecule has 3 N–H and O–H groups in total. The molecule has 0 aliphatic carbocycles. The summed E-state index contributed by atoms with van der Waals surface area (Å²) in [6, 6.07) is 6.71. The van der Waals surface area contributed by atoms with E-state index in [1.807, 2.05) is 0 Å². The normalized spacial score (nSPS) is 10.8. The highest BCUT2D eigenvalue weighted by atomic mass is 79.9. The summed E-state index contributed by atoms with van der Waals surface area (Å²) in [7, 11) is 0. The van der Waals surface area contributed by atoms with Gasteiger partial charge in [-0.2, -0.15) is 0 Å². The maximum atomic E-state index is 11.8. The molecule has 0 radical (unpaired) electrons. The molecule has 0 saturated heterocycles. The first-order valence-electron chi connectivity index (χ1n) is 5.80. The molecular weight excluding hydrogens is 328 g/mol. The van der Waals surface area contributed by atoms with Gasteiger partial charge in [0.1, 0.15) is 5.54 Å². The van der Waals surface area contributed by atoms with E-state index in [4.69, 9.17) is 5.11 Å². The Morgan fingerprint density at radius 3 is 2.50 bits per heavy atom. The Morgan fingerprint density at radius 1 is 1.30 bits per heavy atom. The average molecular weight is 343 g/mol. The van der Waals surface area contributed by atoms with Crippen LogP contribution in [-0.2, 0) is 9.59 Å². The highest BCUT2D eigenvalue weighted by molar-refractivity contribution is 9.10. The van der Waals surface area contributed by atoms with Crippen molar-refractivity contribution in [2.75, 3.05) is 6.54 Å². The van der Waals surface area contributed by atoms with Crippen LogP contribution < -0.4 is 10.6 Å². The summed E-state index contributed by atoms with van der Waals surface area (Å²) < 4.78 is 0.751. The SMILES string of the molecule is CC(C)(NC(=O)CNC(=O)c1cccc(Br)c1)C(=O)O. The molecule has 0 aliphatic rings. The number of nitrogens with one attached hydrogen (secondary N) is 2. The van der Waals surface area contributed by atoms with E-state index in [0.29, 0.717) is 5.56 Å². The van der Waals surface area contributed by atoms with Crippen molar-refractivity contribution in [3.05, 3.63) is 34.3 Å². The van der Waals surface area contributed by atoms with Crippen LogP contribution in [0.2, 0.25) is 0 Å². The molecule has 1 aromatic rings. The fourth-order valence-corrected chi connectivity index (χ4v) is 1.74. The molecule has 0 atom stereocenters. The molecule has 1 aromatic carbocycles. The van der Waals surface area contributed by atoms with Gasteiger partial charge in [-0.1, -0.05) is 22.0 Å². The molecule has 0 saturated carbocycles. The number of rotatable bonds is 5. The Balaban J connectivity index is 2.53. The Bertz CT molecular complexity index is 543. The van der Waals surface area contributed by atoms with Crippen molar-refractivity contribution < 1.29 is 19.5 Å². The fourth-order valence-electron chi connectivity index (χ4n) is 1.34. The summed E-state index contributed by atoms with van der Waals surface area (Å²) in [5, 5.41) is 13.6. The van der Waals surface area contributed by atoms with Crippen LogP contribution in [0.4, 0.5) is 0 Å². The smallest absolute Gasteiger partial charge is 0.328 e. The first-order chi connectivity index (χ1) is 9.22. The maximum absolute atomic E-state index is 11.8. The molecule has 0 bridgehead atoms. The molecule has 2 amide bonds. The van der Waals surface area contributed by atoms with Gasteiger partial charge in [0.25, 0.3) is 5.91 Å². The van der Waals surface area contributed by atoms with E-state index in [1.165, 1.54) is 13.8 Å². The minimum Gasteiger partial charge on any atom is -0.480 e. The quantitative estimate of drug-likeness (QED) is 0.748. The van der Waals surface area contributed by atoms with E-state index in [1.54, 1.807) is 24.3 Å². The fraction of sp³-hybridized carbons (Fsp3) is 0.308. The number of benzene rings is 1. The van der Waals surface area contributed by atoms with E-state index in [-0.39, 0.29) is 6.54 Å². The number of carbonyl (C=O) groups excluding carboxylic acids is 2. The highest BCUT2D eigenvalue weighted by Gasteiger charge is 2.28. The van der Waals surface area contributed by atoms with Crippen LogP contribution in [0.5, 0.6) is 0 Å². The second-order valence-corrected chi connectivity index (χ2v) is 5.59. The third-order valence-corrected chi connectivity index (χ3v) is 2.98. The van der Waals surface area contributed by atoms with Crippen molar-refractivity contribution in [1.82, 2.24) is 10.6 Å². The van der Waals surface area contributed by atoms with Gasteiger partial charge in [-0.15, -0.1) is 0 Å². The van der Waals surface area contributed by atoms with Crippen LogP contribution in [0.3, 0.4) is 0 Å². The van der Waals surface area contributed by atoms with Crippen LogP contribution in [0.1, 0.15) is 24.2 Å². The molecule has 0 unspecified atom stereocenters. The van der Waals surface area contributed by atoms with Gasteiger partial charge in [-0.05, 0) is 32.0 Å². The predicted molar refractivity (Wildman–Crippen MR) is 76.3 cm³/mol. The van der Waals surface area contributed by atoms with Gasteiger partial charge >= 0.3 is 5.97 Å². The lowest BCUT2D eigenvalue weighted by Gasteiger charge is -2.21. The second-order valence-electron chi connectivity index (χ2n) is 4.67. The first kappa shape index (κ1) is 16.2.